The lowest BCUT2D eigenvalue weighted by atomic mass is 10.1. The lowest BCUT2D eigenvalue weighted by Crippen LogP contribution is -2.16. The molecular formula is C25H28ClN3O4S. The number of unbranched alkanes of at least 4 members (excludes halogenated alkanes) is 1. The third kappa shape index (κ3) is 5.29. The molecule has 0 amide bonds. The number of anilines is 3. The molecule has 4 rings (SSSR count). The molecule has 1 aromatic heterocycles. The van der Waals surface area contributed by atoms with Crippen LogP contribution in [-0.2, 0) is 10.0 Å². The third-order valence-corrected chi connectivity index (χ3v) is 6.77. The summed E-state index contributed by atoms with van der Waals surface area (Å²) in [4.78, 5) is 4.80. The average Bonchev–Trinajstić information content (AvgIpc) is 2.82. The Bertz CT molecular complexity index is 1410. The zero-order valence-corrected chi connectivity index (χ0v) is 20.9. The molecule has 0 aliphatic heterocycles. The zero-order chi connectivity index (χ0) is 23.4. The lowest BCUT2D eigenvalue weighted by Gasteiger charge is -2.17. The van der Waals surface area contributed by atoms with Crippen molar-refractivity contribution in [3.05, 3.63) is 60.7 Å². The number of rotatable bonds is 9. The molecule has 4 aromatic rings. The minimum Gasteiger partial charge on any atom is -0.494 e. The summed E-state index contributed by atoms with van der Waals surface area (Å²) >= 11 is 0. The van der Waals surface area contributed by atoms with E-state index >= 15 is 0 Å². The number of methoxy groups -OCH3 is 2. The predicted molar refractivity (Wildman–Crippen MR) is 142 cm³/mol. The Hall–Kier alpha value is -3.23. The van der Waals surface area contributed by atoms with Crippen molar-refractivity contribution in [3.63, 3.8) is 0 Å². The van der Waals surface area contributed by atoms with Crippen LogP contribution in [0, 0.1) is 0 Å². The van der Waals surface area contributed by atoms with Crippen LogP contribution in [0.5, 0.6) is 11.5 Å². The molecule has 0 spiro atoms. The molecule has 34 heavy (non-hydrogen) atoms. The number of aromatic nitrogens is 1. The van der Waals surface area contributed by atoms with Crippen molar-refractivity contribution in [2.75, 3.05) is 30.0 Å². The van der Waals surface area contributed by atoms with E-state index in [0.717, 1.165) is 33.9 Å². The Morgan fingerprint density at radius 3 is 2.38 bits per heavy atom. The van der Waals surface area contributed by atoms with Crippen molar-refractivity contribution in [1.82, 2.24) is 4.98 Å². The van der Waals surface area contributed by atoms with E-state index in [9.17, 15) is 8.42 Å². The van der Waals surface area contributed by atoms with E-state index in [1.807, 2.05) is 49.4 Å². The molecule has 0 unspecified atom stereocenters. The average molecular weight is 502 g/mol. The van der Waals surface area contributed by atoms with Gasteiger partial charge in [-0.2, -0.15) is 0 Å². The van der Waals surface area contributed by atoms with Gasteiger partial charge in [-0.3, -0.25) is 4.72 Å². The van der Waals surface area contributed by atoms with E-state index in [1.54, 1.807) is 32.4 Å². The molecule has 0 fully saturated rings. The van der Waals surface area contributed by atoms with Gasteiger partial charge < -0.3 is 14.8 Å². The second-order valence-corrected chi connectivity index (χ2v) is 9.52. The van der Waals surface area contributed by atoms with Gasteiger partial charge in [0.2, 0.25) is 10.0 Å². The second kappa shape index (κ2) is 10.8. The summed E-state index contributed by atoms with van der Waals surface area (Å²) in [5.41, 5.74) is 3.61. The third-order valence-electron chi connectivity index (χ3n) is 5.40. The Kier molecular flexibility index (Phi) is 8.06. The van der Waals surface area contributed by atoms with Gasteiger partial charge in [-0.25, -0.2) is 13.4 Å². The van der Waals surface area contributed by atoms with Crippen LogP contribution >= 0.6 is 12.4 Å². The SMILES string of the molecule is CCCCS(=O)(=O)Nc1ccc(Nc2c3ccccc3nc3c(OC)cccc23)c(OC)c1.Cl. The van der Waals surface area contributed by atoms with E-state index in [4.69, 9.17) is 14.5 Å². The molecule has 0 saturated heterocycles. The number of fused-ring (bicyclic) bond motifs is 2. The fraction of sp³-hybridized carbons (Fsp3) is 0.240. The summed E-state index contributed by atoms with van der Waals surface area (Å²) in [6, 6.07) is 18.9. The van der Waals surface area contributed by atoms with E-state index in [2.05, 4.69) is 10.0 Å². The van der Waals surface area contributed by atoms with Crippen LogP contribution in [0.25, 0.3) is 21.8 Å². The molecular weight excluding hydrogens is 474 g/mol. The second-order valence-electron chi connectivity index (χ2n) is 7.67. The van der Waals surface area contributed by atoms with Crippen molar-refractivity contribution < 1.29 is 17.9 Å². The lowest BCUT2D eigenvalue weighted by molar-refractivity contribution is 0.417. The first-order chi connectivity index (χ1) is 16.0. The van der Waals surface area contributed by atoms with Gasteiger partial charge >= 0.3 is 0 Å². The maximum atomic E-state index is 12.3. The Labute approximate surface area is 206 Å². The molecule has 0 radical (unpaired) electrons. The van der Waals surface area contributed by atoms with Gasteiger partial charge in [0.05, 0.1) is 42.6 Å². The van der Waals surface area contributed by atoms with Crippen LogP contribution in [0.15, 0.2) is 60.7 Å². The first kappa shape index (κ1) is 25.4. The Morgan fingerprint density at radius 1 is 0.912 bits per heavy atom. The molecule has 1 heterocycles. The largest absolute Gasteiger partial charge is 0.494 e. The molecule has 0 aliphatic carbocycles. The number of para-hydroxylation sites is 2. The topological polar surface area (TPSA) is 89.6 Å². The highest BCUT2D eigenvalue weighted by Gasteiger charge is 2.16. The summed E-state index contributed by atoms with van der Waals surface area (Å²) in [6.07, 6.45) is 1.42. The predicted octanol–water partition coefficient (Wildman–Crippen LogP) is 6.11. The molecule has 0 aliphatic rings. The molecule has 0 atom stereocenters. The number of nitrogens with one attached hydrogen (secondary N) is 2. The number of hydrogen-bond acceptors (Lipinski definition) is 6. The number of nitrogens with zero attached hydrogens (tertiary/aromatic N) is 1. The van der Waals surface area contributed by atoms with E-state index in [-0.39, 0.29) is 18.2 Å². The monoisotopic (exact) mass is 501 g/mol. The summed E-state index contributed by atoms with van der Waals surface area (Å²) < 4.78 is 38.4. The van der Waals surface area contributed by atoms with E-state index in [0.29, 0.717) is 29.3 Å². The molecule has 9 heteroatoms. The van der Waals surface area contributed by atoms with Gasteiger partial charge in [-0.1, -0.05) is 43.7 Å². The van der Waals surface area contributed by atoms with Crippen molar-refractivity contribution >= 4 is 61.3 Å². The smallest absolute Gasteiger partial charge is 0.232 e. The minimum atomic E-state index is -3.41. The standard InChI is InChI=1S/C25H27N3O4S.ClH/c1-4-5-15-33(29,30)28-17-13-14-21(23(16-17)32-3)27-24-18-9-6-7-11-20(18)26-25-19(24)10-8-12-22(25)31-2;/h6-14,16,28H,4-5,15H2,1-3H3,(H,26,27);1H. The van der Waals surface area contributed by atoms with Gasteiger partial charge in [-0.15, -0.1) is 12.4 Å². The van der Waals surface area contributed by atoms with Crippen LogP contribution in [0.1, 0.15) is 19.8 Å². The van der Waals surface area contributed by atoms with Crippen molar-refractivity contribution in [2.24, 2.45) is 0 Å². The number of ether oxygens (including phenoxy) is 2. The maximum absolute atomic E-state index is 12.3. The van der Waals surface area contributed by atoms with E-state index in [1.165, 1.54) is 0 Å². The van der Waals surface area contributed by atoms with Crippen molar-refractivity contribution in [2.45, 2.75) is 19.8 Å². The first-order valence-corrected chi connectivity index (χ1v) is 12.4. The summed E-state index contributed by atoms with van der Waals surface area (Å²) in [6.45, 7) is 1.96. The summed E-state index contributed by atoms with van der Waals surface area (Å²) in [5.74, 6) is 1.29. The number of benzene rings is 3. The quantitative estimate of drug-likeness (QED) is 0.269. The highest BCUT2D eigenvalue weighted by molar-refractivity contribution is 7.92. The molecule has 2 N–H and O–H groups in total. The van der Waals surface area contributed by atoms with Crippen LogP contribution in [0.3, 0.4) is 0 Å². The normalized spacial score (nSPS) is 11.1. The van der Waals surface area contributed by atoms with Gasteiger partial charge in [0.15, 0.2) is 0 Å². The van der Waals surface area contributed by atoms with Gasteiger partial charge in [0, 0.05) is 16.8 Å². The van der Waals surface area contributed by atoms with Gasteiger partial charge in [-0.05, 0) is 30.7 Å². The van der Waals surface area contributed by atoms with Crippen molar-refractivity contribution in [1.29, 1.82) is 0 Å². The number of pyridine rings is 1. The molecule has 0 saturated carbocycles. The number of halogens is 1. The molecule has 3 aromatic carbocycles. The maximum Gasteiger partial charge on any atom is 0.232 e. The summed E-state index contributed by atoms with van der Waals surface area (Å²) in [7, 11) is -0.223. The Balaban J connectivity index is 0.00000324. The number of sulfonamides is 1. The Morgan fingerprint density at radius 2 is 1.65 bits per heavy atom. The number of hydrogen-bond donors (Lipinski definition) is 2. The zero-order valence-electron chi connectivity index (χ0n) is 19.3. The van der Waals surface area contributed by atoms with Crippen LogP contribution in [0.2, 0.25) is 0 Å². The molecule has 0 bridgehead atoms. The molecule has 180 valence electrons. The first-order valence-electron chi connectivity index (χ1n) is 10.8. The van der Waals surface area contributed by atoms with Crippen molar-refractivity contribution in [3.8, 4) is 11.5 Å². The fourth-order valence-corrected chi connectivity index (χ4v) is 5.00. The molecule has 7 nitrogen and oxygen atoms in total. The highest BCUT2D eigenvalue weighted by atomic mass is 35.5. The summed E-state index contributed by atoms with van der Waals surface area (Å²) in [5, 5.41) is 5.34. The van der Waals surface area contributed by atoms with Crippen LogP contribution in [-0.4, -0.2) is 33.4 Å². The fourth-order valence-electron chi connectivity index (χ4n) is 3.74. The minimum absolute atomic E-state index is 0. The highest BCUT2D eigenvalue weighted by Crippen LogP contribution is 2.39. The van der Waals surface area contributed by atoms with Gasteiger partial charge in [0.25, 0.3) is 0 Å². The van der Waals surface area contributed by atoms with Crippen LogP contribution in [0.4, 0.5) is 17.1 Å². The van der Waals surface area contributed by atoms with Crippen LogP contribution < -0.4 is 19.5 Å². The van der Waals surface area contributed by atoms with E-state index < -0.39 is 10.0 Å². The van der Waals surface area contributed by atoms with Gasteiger partial charge in [0.1, 0.15) is 17.0 Å².